The Kier molecular flexibility index (Phi) is 2.60. The van der Waals surface area contributed by atoms with E-state index in [4.69, 9.17) is 9.47 Å². The number of carbonyl (C=O) groups excluding carboxylic acids is 1. The van der Waals surface area contributed by atoms with E-state index in [-0.39, 0.29) is 5.91 Å². The molecule has 92 valence electrons. The largest absolute Gasteiger partial charge is 0.486 e. The first-order valence-electron chi connectivity index (χ1n) is 5.52. The minimum Gasteiger partial charge on any atom is -0.486 e. The third kappa shape index (κ3) is 2.00. The van der Waals surface area contributed by atoms with Gasteiger partial charge >= 0.3 is 0 Å². The SMILES string of the molecule is O=C(Nc1ccc2c(c1)OCCO2)c1cnc[nH]1. The van der Waals surface area contributed by atoms with E-state index >= 15 is 0 Å². The molecule has 0 fully saturated rings. The van der Waals surface area contributed by atoms with Crippen LogP contribution in [0.25, 0.3) is 0 Å². The number of aromatic amines is 1. The predicted molar refractivity (Wildman–Crippen MR) is 64.0 cm³/mol. The number of nitrogens with zero attached hydrogens (tertiary/aromatic N) is 1. The smallest absolute Gasteiger partial charge is 0.273 e. The molecule has 3 rings (SSSR count). The van der Waals surface area contributed by atoms with Gasteiger partial charge in [-0.15, -0.1) is 0 Å². The molecule has 0 unspecified atom stereocenters. The van der Waals surface area contributed by atoms with Crippen LogP contribution >= 0.6 is 0 Å². The first kappa shape index (κ1) is 10.6. The Morgan fingerprint density at radius 2 is 2.11 bits per heavy atom. The van der Waals surface area contributed by atoms with Crippen molar-refractivity contribution in [2.24, 2.45) is 0 Å². The third-order valence-corrected chi connectivity index (χ3v) is 2.54. The van der Waals surface area contributed by atoms with E-state index in [9.17, 15) is 4.79 Å². The highest BCUT2D eigenvalue weighted by Gasteiger charge is 2.13. The number of hydrogen-bond donors (Lipinski definition) is 2. The van der Waals surface area contributed by atoms with E-state index in [1.807, 2.05) is 0 Å². The molecule has 1 aromatic carbocycles. The number of nitrogens with one attached hydrogen (secondary N) is 2. The van der Waals surface area contributed by atoms with Gasteiger partial charge in [-0.3, -0.25) is 4.79 Å². The van der Waals surface area contributed by atoms with Gasteiger partial charge in [-0.1, -0.05) is 0 Å². The second-order valence-corrected chi connectivity index (χ2v) is 3.78. The minimum atomic E-state index is -0.246. The summed E-state index contributed by atoms with van der Waals surface area (Å²) < 4.78 is 10.8. The molecule has 0 aliphatic carbocycles. The van der Waals surface area contributed by atoms with Gasteiger partial charge < -0.3 is 19.8 Å². The van der Waals surface area contributed by atoms with Crippen molar-refractivity contribution in [1.29, 1.82) is 0 Å². The van der Waals surface area contributed by atoms with Crippen LogP contribution in [0.4, 0.5) is 5.69 Å². The number of imidazole rings is 1. The van der Waals surface area contributed by atoms with Crippen molar-refractivity contribution >= 4 is 11.6 Å². The van der Waals surface area contributed by atoms with Crippen LogP contribution in [-0.2, 0) is 0 Å². The molecule has 1 aromatic heterocycles. The van der Waals surface area contributed by atoms with Crippen LogP contribution in [0.2, 0.25) is 0 Å². The predicted octanol–water partition coefficient (Wildman–Crippen LogP) is 1.43. The molecular formula is C12H11N3O3. The van der Waals surface area contributed by atoms with Gasteiger partial charge in [0.05, 0.1) is 12.5 Å². The van der Waals surface area contributed by atoms with Gasteiger partial charge in [-0.2, -0.15) is 0 Å². The fourth-order valence-electron chi connectivity index (χ4n) is 1.70. The van der Waals surface area contributed by atoms with E-state index in [0.29, 0.717) is 36.1 Å². The summed E-state index contributed by atoms with van der Waals surface area (Å²) in [6.45, 7) is 1.07. The molecule has 0 radical (unpaired) electrons. The number of hydrogen-bond acceptors (Lipinski definition) is 4. The van der Waals surface area contributed by atoms with Crippen molar-refractivity contribution in [1.82, 2.24) is 9.97 Å². The summed E-state index contributed by atoms with van der Waals surface area (Å²) >= 11 is 0. The maximum Gasteiger partial charge on any atom is 0.273 e. The summed E-state index contributed by atoms with van der Waals surface area (Å²) in [5, 5.41) is 2.75. The summed E-state index contributed by atoms with van der Waals surface area (Å²) in [6, 6.07) is 5.28. The van der Waals surface area contributed by atoms with Crippen LogP contribution in [-0.4, -0.2) is 29.1 Å². The molecule has 0 saturated carbocycles. The van der Waals surface area contributed by atoms with E-state index < -0.39 is 0 Å². The molecule has 18 heavy (non-hydrogen) atoms. The highest BCUT2D eigenvalue weighted by Crippen LogP contribution is 2.32. The zero-order valence-corrected chi connectivity index (χ0v) is 9.47. The molecule has 2 heterocycles. The number of aromatic nitrogens is 2. The molecule has 2 N–H and O–H groups in total. The Morgan fingerprint density at radius 1 is 1.28 bits per heavy atom. The molecule has 0 bridgehead atoms. The van der Waals surface area contributed by atoms with Gasteiger partial charge in [0.25, 0.3) is 5.91 Å². The number of amides is 1. The zero-order chi connectivity index (χ0) is 12.4. The summed E-state index contributed by atoms with van der Waals surface area (Å²) in [5.41, 5.74) is 1.06. The average molecular weight is 245 g/mol. The molecule has 1 aliphatic heterocycles. The number of H-pyrrole nitrogens is 1. The molecule has 0 saturated heterocycles. The summed E-state index contributed by atoms with van der Waals surface area (Å²) in [4.78, 5) is 18.3. The van der Waals surface area contributed by atoms with E-state index in [0.717, 1.165) is 0 Å². The van der Waals surface area contributed by atoms with Gasteiger partial charge in [0, 0.05) is 11.8 Å². The van der Waals surface area contributed by atoms with Crippen LogP contribution in [0.5, 0.6) is 11.5 Å². The third-order valence-electron chi connectivity index (χ3n) is 2.54. The Labute approximate surface area is 103 Å². The Hall–Kier alpha value is -2.50. The minimum absolute atomic E-state index is 0.246. The number of benzene rings is 1. The average Bonchev–Trinajstić information content (AvgIpc) is 2.92. The van der Waals surface area contributed by atoms with Crippen molar-refractivity contribution in [3.63, 3.8) is 0 Å². The fourth-order valence-corrected chi connectivity index (χ4v) is 1.70. The van der Waals surface area contributed by atoms with Crippen molar-refractivity contribution in [2.45, 2.75) is 0 Å². The first-order chi connectivity index (χ1) is 8.83. The normalized spacial score (nSPS) is 13.1. The lowest BCUT2D eigenvalue weighted by Crippen LogP contribution is -2.16. The standard InChI is InChI=1S/C12H11N3O3/c16-12(9-6-13-7-14-9)15-8-1-2-10-11(5-8)18-4-3-17-10/h1-2,5-7H,3-4H2,(H,13,14)(H,15,16). The molecule has 6 nitrogen and oxygen atoms in total. The molecular weight excluding hydrogens is 234 g/mol. The number of ether oxygens (including phenoxy) is 2. The lowest BCUT2D eigenvalue weighted by molar-refractivity contribution is 0.102. The maximum absolute atomic E-state index is 11.8. The Morgan fingerprint density at radius 3 is 2.89 bits per heavy atom. The second kappa shape index (κ2) is 4.40. The van der Waals surface area contributed by atoms with E-state index in [2.05, 4.69) is 15.3 Å². The second-order valence-electron chi connectivity index (χ2n) is 3.78. The number of anilines is 1. The topological polar surface area (TPSA) is 76.2 Å². The van der Waals surface area contributed by atoms with Gasteiger partial charge in [0.2, 0.25) is 0 Å². The molecule has 6 heteroatoms. The molecule has 0 spiro atoms. The van der Waals surface area contributed by atoms with E-state index in [1.54, 1.807) is 18.2 Å². The lowest BCUT2D eigenvalue weighted by Gasteiger charge is -2.18. The van der Waals surface area contributed by atoms with Crippen molar-refractivity contribution in [3.8, 4) is 11.5 Å². The van der Waals surface area contributed by atoms with Gasteiger partial charge in [0.1, 0.15) is 18.9 Å². The first-order valence-corrected chi connectivity index (χ1v) is 5.52. The summed E-state index contributed by atoms with van der Waals surface area (Å²) in [6.07, 6.45) is 2.92. The monoisotopic (exact) mass is 245 g/mol. The number of rotatable bonds is 2. The van der Waals surface area contributed by atoms with Gasteiger partial charge in [-0.25, -0.2) is 4.98 Å². The fraction of sp³-hybridized carbons (Fsp3) is 0.167. The van der Waals surface area contributed by atoms with Crippen molar-refractivity contribution < 1.29 is 14.3 Å². The summed E-state index contributed by atoms with van der Waals surface area (Å²) in [7, 11) is 0. The molecule has 1 amide bonds. The highest BCUT2D eigenvalue weighted by atomic mass is 16.6. The van der Waals surface area contributed by atoms with Crippen molar-refractivity contribution in [2.75, 3.05) is 18.5 Å². The zero-order valence-electron chi connectivity index (χ0n) is 9.47. The molecule has 1 aliphatic rings. The molecule has 2 aromatic rings. The Bertz CT molecular complexity index is 566. The number of fused-ring (bicyclic) bond motifs is 1. The maximum atomic E-state index is 11.8. The number of carbonyl (C=O) groups is 1. The van der Waals surface area contributed by atoms with E-state index in [1.165, 1.54) is 12.5 Å². The van der Waals surface area contributed by atoms with Crippen LogP contribution < -0.4 is 14.8 Å². The quantitative estimate of drug-likeness (QED) is 0.839. The van der Waals surface area contributed by atoms with Crippen LogP contribution in [0.15, 0.2) is 30.7 Å². The van der Waals surface area contributed by atoms with Crippen molar-refractivity contribution in [3.05, 3.63) is 36.4 Å². The van der Waals surface area contributed by atoms with Crippen LogP contribution in [0.3, 0.4) is 0 Å². The van der Waals surface area contributed by atoms with Crippen LogP contribution in [0, 0.1) is 0 Å². The van der Waals surface area contributed by atoms with Gasteiger partial charge in [0.15, 0.2) is 11.5 Å². The summed E-state index contributed by atoms with van der Waals surface area (Å²) in [5.74, 6) is 1.09. The lowest BCUT2D eigenvalue weighted by atomic mass is 10.2. The highest BCUT2D eigenvalue weighted by molar-refractivity contribution is 6.02. The molecule has 0 atom stereocenters. The Balaban J connectivity index is 1.79. The van der Waals surface area contributed by atoms with Gasteiger partial charge in [-0.05, 0) is 12.1 Å². The van der Waals surface area contributed by atoms with Crippen LogP contribution in [0.1, 0.15) is 10.5 Å².